The second-order valence-electron chi connectivity index (χ2n) is 5.03. The Balaban J connectivity index is 1.91. The van der Waals surface area contributed by atoms with Gasteiger partial charge in [0.1, 0.15) is 17.4 Å². The van der Waals surface area contributed by atoms with Crippen molar-refractivity contribution in [3.8, 4) is 17.6 Å². The normalized spacial score (nSPS) is 9.84. The number of hydrogen-bond donors (Lipinski definition) is 2. The molecule has 0 aliphatic rings. The third-order valence-corrected chi connectivity index (χ3v) is 3.50. The van der Waals surface area contributed by atoms with Crippen molar-refractivity contribution in [2.24, 2.45) is 0 Å². The van der Waals surface area contributed by atoms with E-state index in [1.165, 1.54) is 26.4 Å². The fraction of sp³-hybridized carbons (Fsp3) is 0.222. The first kappa shape index (κ1) is 18.1. The third kappa shape index (κ3) is 4.38. The van der Waals surface area contributed by atoms with E-state index in [9.17, 15) is 9.18 Å². The lowest BCUT2D eigenvalue weighted by molar-refractivity contribution is 0.0954. The van der Waals surface area contributed by atoms with Gasteiger partial charge in [0.2, 0.25) is 0 Å². The Morgan fingerprint density at radius 1 is 1.16 bits per heavy atom. The van der Waals surface area contributed by atoms with Crippen LogP contribution in [0.1, 0.15) is 15.9 Å². The number of ether oxygens (including phenoxy) is 2. The Bertz CT molecular complexity index is 803. The van der Waals surface area contributed by atoms with Gasteiger partial charge in [-0.2, -0.15) is 5.26 Å². The molecule has 25 heavy (non-hydrogen) atoms. The Morgan fingerprint density at radius 3 is 2.60 bits per heavy atom. The van der Waals surface area contributed by atoms with Gasteiger partial charge < -0.3 is 20.1 Å². The molecule has 0 spiro atoms. The molecule has 0 saturated carbocycles. The summed E-state index contributed by atoms with van der Waals surface area (Å²) >= 11 is 0. The standard InChI is InChI=1S/C18H18FN3O3/c1-24-16-7-6-12(10-17(16)25-2)18(23)22-9-8-21-15-5-3-4-14(19)13(15)11-20/h3-7,10,21H,8-9H2,1-2H3,(H,22,23). The molecule has 0 bridgehead atoms. The van der Waals surface area contributed by atoms with Crippen molar-refractivity contribution in [1.29, 1.82) is 5.26 Å². The Labute approximate surface area is 145 Å². The molecule has 6 nitrogen and oxygen atoms in total. The molecule has 0 unspecified atom stereocenters. The summed E-state index contributed by atoms with van der Waals surface area (Å²) < 4.78 is 23.8. The van der Waals surface area contributed by atoms with Gasteiger partial charge >= 0.3 is 0 Å². The molecular formula is C18H18FN3O3. The molecule has 130 valence electrons. The third-order valence-electron chi connectivity index (χ3n) is 3.50. The van der Waals surface area contributed by atoms with Crippen LogP contribution in [0.2, 0.25) is 0 Å². The van der Waals surface area contributed by atoms with Gasteiger partial charge in [-0.25, -0.2) is 4.39 Å². The first-order valence-electron chi connectivity index (χ1n) is 7.53. The van der Waals surface area contributed by atoms with Crippen LogP contribution in [0.3, 0.4) is 0 Å². The number of hydrogen-bond acceptors (Lipinski definition) is 5. The number of amides is 1. The van der Waals surface area contributed by atoms with Crippen LogP contribution in [0, 0.1) is 17.1 Å². The highest BCUT2D eigenvalue weighted by atomic mass is 19.1. The molecule has 2 N–H and O–H groups in total. The van der Waals surface area contributed by atoms with Gasteiger partial charge in [0.15, 0.2) is 11.5 Å². The maximum absolute atomic E-state index is 13.5. The van der Waals surface area contributed by atoms with Crippen LogP contribution < -0.4 is 20.1 Å². The summed E-state index contributed by atoms with van der Waals surface area (Å²) in [5.41, 5.74) is 0.776. The minimum absolute atomic E-state index is 0.0475. The van der Waals surface area contributed by atoms with Crippen LogP contribution in [0.15, 0.2) is 36.4 Å². The summed E-state index contributed by atoms with van der Waals surface area (Å²) in [6.07, 6.45) is 0. The van der Waals surface area contributed by atoms with Crippen LogP contribution >= 0.6 is 0 Å². The Hall–Kier alpha value is -3.27. The molecule has 2 rings (SSSR count). The number of nitrogens with one attached hydrogen (secondary N) is 2. The molecule has 0 aliphatic carbocycles. The number of anilines is 1. The highest BCUT2D eigenvalue weighted by Gasteiger charge is 2.11. The molecule has 0 fully saturated rings. The number of carbonyl (C=O) groups excluding carboxylic acids is 1. The SMILES string of the molecule is COc1ccc(C(=O)NCCNc2cccc(F)c2C#N)cc1OC. The first-order valence-corrected chi connectivity index (χ1v) is 7.53. The van der Waals surface area contributed by atoms with Crippen LogP contribution in [0.5, 0.6) is 11.5 Å². The van der Waals surface area contributed by atoms with E-state index >= 15 is 0 Å². The second-order valence-corrected chi connectivity index (χ2v) is 5.03. The molecule has 0 heterocycles. The smallest absolute Gasteiger partial charge is 0.251 e. The zero-order valence-corrected chi connectivity index (χ0v) is 13.9. The molecule has 2 aromatic rings. The maximum Gasteiger partial charge on any atom is 0.251 e. The van der Waals surface area contributed by atoms with Gasteiger partial charge in [0.25, 0.3) is 5.91 Å². The maximum atomic E-state index is 13.5. The fourth-order valence-corrected chi connectivity index (χ4v) is 2.24. The zero-order valence-electron chi connectivity index (χ0n) is 13.9. The predicted octanol–water partition coefficient (Wildman–Crippen LogP) is 2.56. The van der Waals surface area contributed by atoms with E-state index in [0.717, 1.165) is 0 Å². The van der Waals surface area contributed by atoms with E-state index < -0.39 is 5.82 Å². The van der Waals surface area contributed by atoms with E-state index in [0.29, 0.717) is 35.8 Å². The lowest BCUT2D eigenvalue weighted by Crippen LogP contribution is -2.28. The van der Waals surface area contributed by atoms with E-state index in [-0.39, 0.29) is 11.5 Å². The largest absolute Gasteiger partial charge is 0.493 e. The monoisotopic (exact) mass is 343 g/mol. The number of nitrogens with zero attached hydrogens (tertiary/aromatic N) is 1. The highest BCUT2D eigenvalue weighted by molar-refractivity contribution is 5.94. The van der Waals surface area contributed by atoms with Crippen molar-refractivity contribution < 1.29 is 18.7 Å². The van der Waals surface area contributed by atoms with Crippen molar-refractivity contribution in [2.45, 2.75) is 0 Å². The lowest BCUT2D eigenvalue weighted by atomic mass is 10.2. The molecule has 0 saturated heterocycles. The molecule has 0 radical (unpaired) electrons. The van der Waals surface area contributed by atoms with Crippen molar-refractivity contribution in [3.63, 3.8) is 0 Å². The lowest BCUT2D eigenvalue weighted by Gasteiger charge is -2.11. The van der Waals surface area contributed by atoms with Crippen molar-refractivity contribution in [1.82, 2.24) is 5.32 Å². The summed E-state index contributed by atoms with van der Waals surface area (Å²) in [5, 5.41) is 14.6. The van der Waals surface area contributed by atoms with Gasteiger partial charge in [-0.05, 0) is 30.3 Å². The molecule has 7 heteroatoms. The van der Waals surface area contributed by atoms with Gasteiger partial charge in [0.05, 0.1) is 19.9 Å². The van der Waals surface area contributed by atoms with Gasteiger partial charge in [-0.15, -0.1) is 0 Å². The van der Waals surface area contributed by atoms with Gasteiger partial charge in [-0.1, -0.05) is 6.07 Å². The molecule has 1 amide bonds. The average molecular weight is 343 g/mol. The van der Waals surface area contributed by atoms with Crippen LogP contribution in [0.4, 0.5) is 10.1 Å². The van der Waals surface area contributed by atoms with E-state index in [2.05, 4.69) is 10.6 Å². The molecular weight excluding hydrogens is 325 g/mol. The first-order chi connectivity index (χ1) is 12.1. The Kier molecular flexibility index (Phi) is 6.18. The minimum Gasteiger partial charge on any atom is -0.493 e. The van der Waals surface area contributed by atoms with Crippen molar-refractivity contribution in [2.75, 3.05) is 32.6 Å². The summed E-state index contributed by atoms with van der Waals surface area (Å²) in [6, 6.07) is 11.0. The van der Waals surface area contributed by atoms with Crippen LogP contribution in [-0.2, 0) is 0 Å². The molecule has 2 aromatic carbocycles. The molecule has 0 aliphatic heterocycles. The molecule has 0 atom stereocenters. The van der Waals surface area contributed by atoms with Gasteiger partial charge in [-0.3, -0.25) is 4.79 Å². The summed E-state index contributed by atoms with van der Waals surface area (Å²) in [4.78, 5) is 12.2. The average Bonchev–Trinajstić information content (AvgIpc) is 2.64. The van der Waals surface area contributed by atoms with Crippen LogP contribution in [0.25, 0.3) is 0 Å². The summed E-state index contributed by atoms with van der Waals surface area (Å²) in [7, 11) is 3.01. The predicted molar refractivity (Wildman–Crippen MR) is 91.5 cm³/mol. The van der Waals surface area contributed by atoms with Crippen molar-refractivity contribution >= 4 is 11.6 Å². The topological polar surface area (TPSA) is 83.4 Å². The van der Waals surface area contributed by atoms with E-state index in [1.807, 2.05) is 6.07 Å². The number of carbonyl (C=O) groups is 1. The number of halogens is 1. The molecule has 0 aromatic heterocycles. The summed E-state index contributed by atoms with van der Waals surface area (Å²) in [6.45, 7) is 0.645. The number of methoxy groups -OCH3 is 2. The zero-order chi connectivity index (χ0) is 18.2. The summed E-state index contributed by atoms with van der Waals surface area (Å²) in [5.74, 6) is 0.145. The van der Waals surface area contributed by atoms with Crippen LogP contribution in [-0.4, -0.2) is 33.2 Å². The highest BCUT2D eigenvalue weighted by Crippen LogP contribution is 2.27. The van der Waals surface area contributed by atoms with Crippen molar-refractivity contribution in [3.05, 3.63) is 53.3 Å². The number of benzene rings is 2. The number of nitriles is 1. The van der Waals surface area contributed by atoms with E-state index in [4.69, 9.17) is 14.7 Å². The van der Waals surface area contributed by atoms with E-state index in [1.54, 1.807) is 24.3 Å². The Morgan fingerprint density at radius 2 is 1.92 bits per heavy atom. The fourth-order valence-electron chi connectivity index (χ4n) is 2.24. The second kappa shape index (κ2) is 8.55. The number of rotatable bonds is 7. The minimum atomic E-state index is -0.582. The van der Waals surface area contributed by atoms with Gasteiger partial charge in [0, 0.05) is 18.7 Å². The quantitative estimate of drug-likeness (QED) is 0.755.